The van der Waals surface area contributed by atoms with Gasteiger partial charge in [0.25, 0.3) is 5.91 Å². The Morgan fingerprint density at radius 1 is 1.24 bits per heavy atom. The van der Waals surface area contributed by atoms with E-state index in [1.165, 1.54) is 18.2 Å². The van der Waals surface area contributed by atoms with E-state index in [1.54, 1.807) is 12.1 Å². The van der Waals surface area contributed by atoms with E-state index < -0.39 is 24.3 Å². The van der Waals surface area contributed by atoms with Crippen molar-refractivity contribution < 1.29 is 24.6 Å². The molecule has 1 aromatic carbocycles. The number of phenolic OH excluding ortho intramolecular Hbond substituents is 1. The molecule has 5 N–H and O–H groups in total. The van der Waals surface area contributed by atoms with Crippen LogP contribution in [0.15, 0.2) is 35.0 Å². The minimum Gasteiger partial charge on any atom is -0.508 e. The molecule has 0 saturated carbocycles. The van der Waals surface area contributed by atoms with Crippen molar-refractivity contribution in [1.29, 1.82) is 5.41 Å². The van der Waals surface area contributed by atoms with Crippen molar-refractivity contribution in [1.82, 2.24) is 4.90 Å². The van der Waals surface area contributed by atoms with Crippen LogP contribution in [0.1, 0.15) is 18.4 Å². The molecule has 0 spiro atoms. The minimum absolute atomic E-state index is 0.0363. The number of carbonyl (C=O) groups excluding carboxylic acids is 2. The molecule has 25 heavy (non-hydrogen) atoms. The highest BCUT2D eigenvalue weighted by Crippen LogP contribution is 2.20. The van der Waals surface area contributed by atoms with Gasteiger partial charge in [-0.1, -0.05) is 12.1 Å². The lowest BCUT2D eigenvalue weighted by molar-refractivity contribution is -0.140. The number of carboxylic acid groups (broad SMARTS) is 1. The van der Waals surface area contributed by atoms with E-state index in [-0.39, 0.29) is 35.8 Å². The van der Waals surface area contributed by atoms with Crippen LogP contribution in [0.2, 0.25) is 0 Å². The van der Waals surface area contributed by atoms with Gasteiger partial charge in [0.2, 0.25) is 5.91 Å². The van der Waals surface area contributed by atoms with Crippen LogP contribution >= 0.6 is 0 Å². The van der Waals surface area contributed by atoms with E-state index in [4.69, 9.17) is 16.2 Å². The molecule has 9 heteroatoms. The number of primary amides is 1. The van der Waals surface area contributed by atoms with E-state index >= 15 is 0 Å². The number of carboxylic acids is 1. The van der Waals surface area contributed by atoms with Gasteiger partial charge in [0.15, 0.2) is 5.84 Å². The number of amides is 2. The summed E-state index contributed by atoms with van der Waals surface area (Å²) in [6.45, 7) is -0.649. The van der Waals surface area contributed by atoms with Gasteiger partial charge in [0.1, 0.15) is 18.0 Å². The second-order valence-electron chi connectivity index (χ2n) is 5.29. The predicted octanol–water partition coefficient (Wildman–Crippen LogP) is 0.344. The lowest BCUT2D eigenvalue weighted by atomic mass is 10.1. The molecule has 0 aromatic heterocycles. The monoisotopic (exact) mass is 344 g/mol. The third kappa shape index (κ3) is 4.50. The van der Waals surface area contributed by atoms with Gasteiger partial charge in [-0.25, -0.2) is 4.99 Å². The summed E-state index contributed by atoms with van der Waals surface area (Å²) < 4.78 is 0. The summed E-state index contributed by atoms with van der Waals surface area (Å²) in [5, 5.41) is 26.2. The molecule has 0 atom stereocenters. The topological polar surface area (TPSA) is 157 Å². The van der Waals surface area contributed by atoms with Gasteiger partial charge in [0.05, 0.1) is 5.71 Å². The predicted molar refractivity (Wildman–Crippen MR) is 89.0 cm³/mol. The summed E-state index contributed by atoms with van der Waals surface area (Å²) in [5.74, 6) is -2.58. The fraction of sp³-hybridized carbons (Fsp3) is 0.188. The number of phenols is 1. The molecular formula is C16H16N4O5. The van der Waals surface area contributed by atoms with Crippen LogP contribution in [0.4, 0.5) is 0 Å². The number of hydrogen-bond donors (Lipinski definition) is 4. The third-order valence-corrected chi connectivity index (χ3v) is 3.33. The van der Waals surface area contributed by atoms with Gasteiger partial charge in [0, 0.05) is 12.8 Å². The SMILES string of the molecule is N=C(CCC(N)=O)C1=N/C(=C\c2ccc(O)cc2)C(=O)N1CC(=O)O. The molecule has 0 fully saturated rings. The first kappa shape index (κ1) is 17.9. The number of aliphatic carboxylic acids is 1. The molecule has 1 heterocycles. The molecule has 0 radical (unpaired) electrons. The summed E-state index contributed by atoms with van der Waals surface area (Å²) in [6, 6.07) is 5.98. The van der Waals surface area contributed by atoms with Crippen LogP contribution in [0.3, 0.4) is 0 Å². The van der Waals surface area contributed by atoms with Crippen LogP contribution in [0.25, 0.3) is 6.08 Å². The molecule has 2 rings (SSSR count). The van der Waals surface area contributed by atoms with Gasteiger partial charge < -0.3 is 21.4 Å². The molecule has 1 aliphatic heterocycles. The Morgan fingerprint density at radius 2 is 1.88 bits per heavy atom. The maximum atomic E-state index is 12.4. The summed E-state index contributed by atoms with van der Waals surface area (Å²) in [7, 11) is 0. The summed E-state index contributed by atoms with van der Waals surface area (Å²) in [4.78, 5) is 39.2. The Balaban J connectivity index is 2.33. The van der Waals surface area contributed by atoms with Crippen LogP contribution < -0.4 is 5.73 Å². The molecule has 0 saturated heterocycles. The zero-order valence-electron chi connectivity index (χ0n) is 13.1. The second kappa shape index (κ2) is 7.39. The van der Waals surface area contributed by atoms with Crippen molar-refractivity contribution in [3.8, 4) is 5.75 Å². The van der Waals surface area contributed by atoms with E-state index in [1.807, 2.05) is 0 Å². The quantitative estimate of drug-likeness (QED) is 0.414. The highest BCUT2D eigenvalue weighted by atomic mass is 16.4. The van der Waals surface area contributed by atoms with Crippen LogP contribution in [-0.2, 0) is 14.4 Å². The number of carbonyl (C=O) groups is 3. The van der Waals surface area contributed by atoms with E-state index in [9.17, 15) is 19.5 Å². The second-order valence-corrected chi connectivity index (χ2v) is 5.29. The molecular weight excluding hydrogens is 328 g/mol. The molecule has 0 unspecified atom stereocenters. The third-order valence-electron chi connectivity index (χ3n) is 3.33. The number of nitrogens with zero attached hydrogens (tertiary/aromatic N) is 2. The molecule has 2 amide bonds. The number of amidine groups is 1. The largest absolute Gasteiger partial charge is 0.508 e. The molecule has 130 valence electrons. The van der Waals surface area contributed by atoms with Gasteiger partial charge in [-0.3, -0.25) is 19.3 Å². The average molecular weight is 344 g/mol. The van der Waals surface area contributed by atoms with Crippen molar-refractivity contribution in [3.05, 3.63) is 35.5 Å². The maximum Gasteiger partial charge on any atom is 0.323 e. The lowest BCUT2D eigenvalue weighted by Crippen LogP contribution is -2.40. The molecule has 9 nitrogen and oxygen atoms in total. The highest BCUT2D eigenvalue weighted by Gasteiger charge is 2.33. The molecule has 0 aliphatic carbocycles. The number of nitrogens with two attached hydrogens (primary N) is 1. The summed E-state index contributed by atoms with van der Waals surface area (Å²) in [5.41, 5.74) is 5.43. The van der Waals surface area contributed by atoms with E-state index in [0.29, 0.717) is 5.56 Å². The Bertz CT molecular complexity index is 795. The zero-order valence-corrected chi connectivity index (χ0v) is 13.1. The number of aliphatic imine (C=N–C) groups is 1. The molecule has 1 aliphatic rings. The number of hydrogen-bond acceptors (Lipinski definition) is 6. The zero-order chi connectivity index (χ0) is 18.6. The fourth-order valence-corrected chi connectivity index (χ4v) is 2.15. The standard InChI is InChI=1S/C16H16N4O5/c17-11(5-6-13(18)22)15-19-12(16(25)20(15)8-14(23)24)7-9-1-3-10(21)4-2-9/h1-4,7,17,21H,5-6,8H2,(H2,18,22)(H,23,24)/b12-7-,17-11?. The minimum atomic E-state index is -1.25. The maximum absolute atomic E-state index is 12.4. The average Bonchev–Trinajstić information content (AvgIpc) is 2.83. The Kier molecular flexibility index (Phi) is 5.28. The van der Waals surface area contributed by atoms with E-state index in [0.717, 1.165) is 4.90 Å². The first-order chi connectivity index (χ1) is 11.8. The number of rotatable bonds is 7. The fourth-order valence-electron chi connectivity index (χ4n) is 2.15. The lowest BCUT2D eigenvalue weighted by Gasteiger charge is -2.15. The molecule has 0 bridgehead atoms. The van der Waals surface area contributed by atoms with Crippen molar-refractivity contribution in [2.45, 2.75) is 12.8 Å². The summed E-state index contributed by atoms with van der Waals surface area (Å²) in [6.07, 6.45) is 1.26. The van der Waals surface area contributed by atoms with E-state index in [2.05, 4.69) is 4.99 Å². The van der Waals surface area contributed by atoms with Crippen LogP contribution in [0.5, 0.6) is 5.75 Å². The Morgan fingerprint density at radius 3 is 2.44 bits per heavy atom. The van der Waals surface area contributed by atoms with Gasteiger partial charge in [-0.05, 0) is 23.8 Å². The van der Waals surface area contributed by atoms with Crippen molar-refractivity contribution in [3.63, 3.8) is 0 Å². The smallest absolute Gasteiger partial charge is 0.323 e. The normalized spacial score (nSPS) is 15.4. The van der Waals surface area contributed by atoms with Crippen molar-refractivity contribution >= 4 is 35.4 Å². The van der Waals surface area contributed by atoms with Gasteiger partial charge in [-0.15, -0.1) is 0 Å². The van der Waals surface area contributed by atoms with Gasteiger partial charge in [-0.2, -0.15) is 0 Å². The van der Waals surface area contributed by atoms with Crippen LogP contribution in [0, 0.1) is 5.41 Å². The van der Waals surface area contributed by atoms with Gasteiger partial charge >= 0.3 is 5.97 Å². The van der Waals surface area contributed by atoms with Crippen molar-refractivity contribution in [2.75, 3.05) is 6.54 Å². The number of nitrogens with one attached hydrogen (secondary N) is 1. The first-order valence-electron chi connectivity index (χ1n) is 7.27. The Labute approximate surface area is 142 Å². The molecule has 1 aromatic rings. The van der Waals surface area contributed by atoms with Crippen LogP contribution in [-0.4, -0.2) is 51.0 Å². The number of benzene rings is 1. The first-order valence-corrected chi connectivity index (χ1v) is 7.27. The van der Waals surface area contributed by atoms with Crippen molar-refractivity contribution in [2.24, 2.45) is 10.7 Å². The summed E-state index contributed by atoms with van der Waals surface area (Å²) >= 11 is 0. The highest BCUT2D eigenvalue weighted by molar-refractivity contribution is 6.46. The Hall–Kier alpha value is -3.49. The number of aromatic hydroxyl groups is 1.